The van der Waals surface area contributed by atoms with Crippen molar-refractivity contribution in [3.8, 4) is 23.0 Å². The maximum atomic E-state index is 12.7. The molecule has 0 saturated carbocycles. The molecule has 2 N–H and O–H groups in total. The molecule has 1 heterocycles. The lowest BCUT2D eigenvalue weighted by atomic mass is 10.2. The topological polar surface area (TPSA) is 53.7 Å². The third-order valence-electron chi connectivity index (χ3n) is 2.84. The van der Waals surface area contributed by atoms with Crippen molar-refractivity contribution in [1.29, 1.82) is 0 Å². The van der Waals surface area contributed by atoms with Crippen LogP contribution in [-0.2, 0) is 6.18 Å². The molecule has 1 aliphatic heterocycles. The quantitative estimate of drug-likeness (QED) is 0.856. The number of benzene rings is 2. The van der Waals surface area contributed by atoms with Crippen LogP contribution >= 0.6 is 0 Å². The van der Waals surface area contributed by atoms with Crippen molar-refractivity contribution in [2.45, 2.75) is 6.18 Å². The first-order valence-corrected chi connectivity index (χ1v) is 5.97. The van der Waals surface area contributed by atoms with Crippen LogP contribution in [0.3, 0.4) is 0 Å². The average Bonchev–Trinajstić information content (AvgIpc) is 2.84. The fraction of sp³-hybridized carbons (Fsp3) is 0.143. The predicted octanol–water partition coefficient (Wildman–Crippen LogP) is 3.81. The molecule has 2 aromatic rings. The van der Waals surface area contributed by atoms with Crippen LogP contribution in [0.2, 0.25) is 0 Å². The minimum atomic E-state index is -4.48. The first-order valence-electron chi connectivity index (χ1n) is 5.97. The number of hydrogen-bond donors (Lipinski definition) is 1. The average molecular weight is 297 g/mol. The van der Waals surface area contributed by atoms with Crippen LogP contribution in [0.1, 0.15) is 5.56 Å². The third-order valence-corrected chi connectivity index (χ3v) is 2.84. The molecule has 0 aromatic heterocycles. The number of nitrogen functional groups attached to an aromatic ring is 1. The molecule has 0 spiro atoms. The first kappa shape index (κ1) is 13.4. The summed E-state index contributed by atoms with van der Waals surface area (Å²) in [6, 6.07) is 7.80. The van der Waals surface area contributed by atoms with E-state index in [4.69, 9.17) is 19.9 Å². The number of anilines is 1. The summed E-state index contributed by atoms with van der Waals surface area (Å²) in [6.07, 6.45) is -4.48. The second kappa shape index (κ2) is 4.76. The zero-order valence-electron chi connectivity index (χ0n) is 10.6. The van der Waals surface area contributed by atoms with Crippen LogP contribution in [-0.4, -0.2) is 6.79 Å². The molecule has 0 radical (unpaired) electrons. The minimum Gasteiger partial charge on any atom is -0.457 e. The van der Waals surface area contributed by atoms with E-state index in [1.165, 1.54) is 6.07 Å². The first-order chi connectivity index (χ1) is 9.91. The smallest absolute Gasteiger partial charge is 0.416 e. The van der Waals surface area contributed by atoms with Crippen LogP contribution in [0.5, 0.6) is 23.0 Å². The summed E-state index contributed by atoms with van der Waals surface area (Å²) in [6.45, 7) is 0.106. The molecule has 21 heavy (non-hydrogen) atoms. The highest BCUT2D eigenvalue weighted by Crippen LogP contribution is 2.38. The molecule has 3 rings (SSSR count). The Bertz CT molecular complexity index is 686. The van der Waals surface area contributed by atoms with Crippen molar-refractivity contribution in [2.24, 2.45) is 0 Å². The van der Waals surface area contributed by atoms with Gasteiger partial charge in [0.15, 0.2) is 11.5 Å². The van der Waals surface area contributed by atoms with E-state index in [2.05, 4.69) is 0 Å². The maximum Gasteiger partial charge on any atom is 0.416 e. The number of fused-ring (bicyclic) bond motifs is 1. The molecule has 0 saturated heterocycles. The van der Waals surface area contributed by atoms with Crippen LogP contribution in [0.25, 0.3) is 0 Å². The van der Waals surface area contributed by atoms with E-state index in [0.717, 1.165) is 12.1 Å². The van der Waals surface area contributed by atoms with Gasteiger partial charge in [0.05, 0.1) is 5.56 Å². The van der Waals surface area contributed by atoms with Crippen molar-refractivity contribution < 1.29 is 27.4 Å². The summed E-state index contributed by atoms with van der Waals surface area (Å²) >= 11 is 0. The van der Waals surface area contributed by atoms with Gasteiger partial charge in [0.1, 0.15) is 11.5 Å². The van der Waals surface area contributed by atoms with E-state index >= 15 is 0 Å². The van der Waals surface area contributed by atoms with Gasteiger partial charge in [-0.2, -0.15) is 13.2 Å². The van der Waals surface area contributed by atoms with Crippen LogP contribution in [0, 0.1) is 0 Å². The zero-order valence-corrected chi connectivity index (χ0v) is 10.6. The van der Waals surface area contributed by atoms with Gasteiger partial charge >= 0.3 is 6.18 Å². The van der Waals surface area contributed by atoms with Crippen LogP contribution < -0.4 is 19.9 Å². The summed E-state index contributed by atoms with van der Waals surface area (Å²) in [5.41, 5.74) is 4.59. The van der Waals surface area contributed by atoms with Crippen LogP contribution in [0.15, 0.2) is 36.4 Å². The number of ether oxygens (including phenoxy) is 3. The number of nitrogens with two attached hydrogens (primary N) is 1. The van der Waals surface area contributed by atoms with Crippen molar-refractivity contribution in [1.82, 2.24) is 0 Å². The Kier molecular flexibility index (Phi) is 3.04. The van der Waals surface area contributed by atoms with Crippen molar-refractivity contribution in [2.75, 3.05) is 12.5 Å². The van der Waals surface area contributed by atoms with E-state index in [-0.39, 0.29) is 18.2 Å². The van der Waals surface area contributed by atoms with Gasteiger partial charge in [-0.15, -0.1) is 0 Å². The lowest BCUT2D eigenvalue weighted by Crippen LogP contribution is -2.06. The summed E-state index contributed by atoms with van der Waals surface area (Å²) in [5, 5.41) is 0. The van der Waals surface area contributed by atoms with Crippen molar-refractivity contribution in [3.05, 3.63) is 42.0 Å². The Labute approximate surface area is 117 Å². The Morgan fingerprint density at radius 3 is 2.48 bits per heavy atom. The molecule has 0 fully saturated rings. The summed E-state index contributed by atoms with van der Waals surface area (Å²) in [7, 11) is 0. The molecule has 110 valence electrons. The number of halogens is 3. The molecule has 4 nitrogen and oxygen atoms in total. The Balaban J connectivity index is 1.89. The molecular formula is C14H10F3NO3. The van der Waals surface area contributed by atoms with Crippen molar-refractivity contribution >= 4 is 5.69 Å². The van der Waals surface area contributed by atoms with Gasteiger partial charge in [-0.3, -0.25) is 0 Å². The summed E-state index contributed by atoms with van der Waals surface area (Å²) in [5.74, 6) is 1.37. The highest BCUT2D eigenvalue weighted by atomic mass is 19.4. The maximum absolute atomic E-state index is 12.7. The highest BCUT2D eigenvalue weighted by Gasteiger charge is 2.31. The van der Waals surface area contributed by atoms with Gasteiger partial charge in [0.2, 0.25) is 6.79 Å². The molecule has 1 aliphatic rings. The van der Waals surface area contributed by atoms with Gasteiger partial charge in [-0.1, -0.05) is 0 Å². The molecule has 7 heteroatoms. The molecule has 0 aliphatic carbocycles. The van der Waals surface area contributed by atoms with E-state index < -0.39 is 11.7 Å². The van der Waals surface area contributed by atoms with Gasteiger partial charge in [0.25, 0.3) is 0 Å². The molecule has 0 unspecified atom stereocenters. The van der Waals surface area contributed by atoms with E-state index in [1.54, 1.807) is 18.2 Å². The van der Waals surface area contributed by atoms with E-state index in [1.807, 2.05) is 0 Å². The molecule has 2 aromatic carbocycles. The van der Waals surface area contributed by atoms with Gasteiger partial charge < -0.3 is 19.9 Å². The fourth-order valence-electron chi connectivity index (χ4n) is 1.92. The molecule has 0 amide bonds. The molecule has 0 atom stereocenters. The molecular weight excluding hydrogens is 287 g/mol. The Hall–Kier alpha value is -2.57. The van der Waals surface area contributed by atoms with Gasteiger partial charge in [0, 0.05) is 17.8 Å². The van der Waals surface area contributed by atoms with E-state index in [0.29, 0.717) is 17.2 Å². The van der Waals surface area contributed by atoms with E-state index in [9.17, 15) is 13.2 Å². The van der Waals surface area contributed by atoms with Crippen molar-refractivity contribution in [3.63, 3.8) is 0 Å². The number of rotatable bonds is 2. The Morgan fingerprint density at radius 2 is 1.71 bits per heavy atom. The Morgan fingerprint density at radius 1 is 0.952 bits per heavy atom. The second-order valence-corrected chi connectivity index (χ2v) is 4.41. The third kappa shape index (κ3) is 2.81. The standard InChI is InChI=1S/C14H10F3NO3/c15-14(16,17)8-3-9(18)5-11(4-8)21-10-1-2-12-13(6-10)20-7-19-12/h1-6H,7,18H2. The monoisotopic (exact) mass is 297 g/mol. The lowest BCUT2D eigenvalue weighted by molar-refractivity contribution is -0.137. The predicted molar refractivity (Wildman–Crippen MR) is 68.5 cm³/mol. The number of hydrogen-bond acceptors (Lipinski definition) is 4. The molecule has 0 bridgehead atoms. The number of alkyl halides is 3. The largest absolute Gasteiger partial charge is 0.457 e. The summed E-state index contributed by atoms with van der Waals surface area (Å²) < 4.78 is 53.9. The highest BCUT2D eigenvalue weighted by molar-refractivity contribution is 5.51. The van der Waals surface area contributed by atoms with Gasteiger partial charge in [-0.25, -0.2) is 0 Å². The zero-order chi connectivity index (χ0) is 15.0. The van der Waals surface area contributed by atoms with Crippen LogP contribution in [0.4, 0.5) is 18.9 Å². The SMILES string of the molecule is Nc1cc(Oc2ccc3c(c2)OCO3)cc(C(F)(F)F)c1. The second-order valence-electron chi connectivity index (χ2n) is 4.41. The minimum absolute atomic E-state index is 0.00110. The fourth-order valence-corrected chi connectivity index (χ4v) is 1.92. The normalized spacial score (nSPS) is 13.3. The summed E-state index contributed by atoms with van der Waals surface area (Å²) in [4.78, 5) is 0. The lowest BCUT2D eigenvalue weighted by Gasteiger charge is -2.11. The van der Waals surface area contributed by atoms with Gasteiger partial charge in [-0.05, 0) is 24.3 Å².